The Hall–Kier alpha value is -1.86. The van der Waals surface area contributed by atoms with Crippen molar-refractivity contribution in [3.05, 3.63) is 35.9 Å². The smallest absolute Gasteiger partial charge is 0.337 e. The number of rotatable bonds is 6. The van der Waals surface area contributed by atoms with Crippen molar-refractivity contribution in [3.8, 4) is 0 Å². The molecule has 0 fully saturated rings. The van der Waals surface area contributed by atoms with Crippen LogP contribution in [0.2, 0.25) is 0 Å². The Morgan fingerprint density at radius 3 is 2.70 bits per heavy atom. The average molecular weight is 298 g/mol. The van der Waals surface area contributed by atoms with Gasteiger partial charge < -0.3 is 10.5 Å². The standard InChI is InChI=1S/C13H18N2O4S/c1-3-4-5-8-15-20(17,18)12-7-6-10(9-11(12)14)13(16)19-2/h3-4,6-7,9,15H,5,8,14H2,1-2H3/b4-3+. The van der Waals surface area contributed by atoms with Crippen LogP contribution >= 0.6 is 0 Å². The number of nitrogen functional groups attached to an aromatic ring is 1. The van der Waals surface area contributed by atoms with E-state index in [4.69, 9.17) is 5.73 Å². The second kappa shape index (κ2) is 7.06. The summed E-state index contributed by atoms with van der Waals surface area (Å²) < 4.78 is 31.1. The Morgan fingerprint density at radius 2 is 2.15 bits per heavy atom. The lowest BCUT2D eigenvalue weighted by atomic mass is 10.2. The van der Waals surface area contributed by atoms with E-state index >= 15 is 0 Å². The van der Waals surface area contributed by atoms with E-state index in [1.165, 1.54) is 25.3 Å². The minimum absolute atomic E-state index is 0.00596. The van der Waals surface area contributed by atoms with E-state index in [0.29, 0.717) is 6.42 Å². The molecule has 0 aliphatic rings. The Balaban J connectivity index is 2.93. The molecule has 0 saturated heterocycles. The molecule has 110 valence electrons. The summed E-state index contributed by atoms with van der Waals surface area (Å²) in [5, 5.41) is 0. The maximum absolute atomic E-state index is 12.0. The minimum Gasteiger partial charge on any atom is -0.465 e. The summed E-state index contributed by atoms with van der Waals surface area (Å²) in [6.07, 6.45) is 4.29. The molecule has 1 rings (SSSR count). The van der Waals surface area contributed by atoms with Gasteiger partial charge in [-0.3, -0.25) is 0 Å². The van der Waals surface area contributed by atoms with Crippen LogP contribution in [0, 0.1) is 0 Å². The van der Waals surface area contributed by atoms with Gasteiger partial charge in [-0.05, 0) is 31.5 Å². The lowest BCUT2D eigenvalue weighted by Gasteiger charge is -2.09. The van der Waals surface area contributed by atoms with Crippen LogP contribution in [-0.4, -0.2) is 28.0 Å². The second-order valence-electron chi connectivity index (χ2n) is 4.00. The van der Waals surface area contributed by atoms with Gasteiger partial charge in [0, 0.05) is 6.54 Å². The van der Waals surface area contributed by atoms with E-state index in [1.807, 2.05) is 19.1 Å². The second-order valence-corrected chi connectivity index (χ2v) is 5.74. The molecule has 0 unspecified atom stereocenters. The number of hydrogen-bond donors (Lipinski definition) is 2. The number of benzene rings is 1. The molecule has 0 amide bonds. The van der Waals surface area contributed by atoms with Crippen LogP contribution in [-0.2, 0) is 14.8 Å². The van der Waals surface area contributed by atoms with E-state index in [1.54, 1.807) is 0 Å². The van der Waals surface area contributed by atoms with Gasteiger partial charge in [-0.15, -0.1) is 0 Å². The topological polar surface area (TPSA) is 98.5 Å². The molecule has 0 aromatic heterocycles. The molecular formula is C13H18N2O4S. The largest absolute Gasteiger partial charge is 0.465 e. The van der Waals surface area contributed by atoms with Crippen LogP contribution in [0.25, 0.3) is 0 Å². The first-order chi connectivity index (χ1) is 9.42. The minimum atomic E-state index is -3.68. The summed E-state index contributed by atoms with van der Waals surface area (Å²) in [5.41, 5.74) is 5.90. The van der Waals surface area contributed by atoms with Gasteiger partial charge >= 0.3 is 5.97 Å². The highest BCUT2D eigenvalue weighted by Crippen LogP contribution is 2.20. The predicted octanol–water partition coefficient (Wildman–Crippen LogP) is 1.30. The fourth-order valence-electron chi connectivity index (χ4n) is 1.56. The first-order valence-corrected chi connectivity index (χ1v) is 7.49. The highest BCUT2D eigenvalue weighted by Gasteiger charge is 2.18. The SMILES string of the molecule is C/C=C/CCNS(=O)(=O)c1ccc(C(=O)OC)cc1N. The number of anilines is 1. The Labute approximate surface area is 118 Å². The van der Waals surface area contributed by atoms with Gasteiger partial charge in [0.25, 0.3) is 0 Å². The number of hydrogen-bond acceptors (Lipinski definition) is 5. The monoisotopic (exact) mass is 298 g/mol. The quantitative estimate of drug-likeness (QED) is 0.357. The number of ether oxygens (including phenoxy) is 1. The number of nitrogens with one attached hydrogen (secondary N) is 1. The third kappa shape index (κ3) is 4.07. The van der Waals surface area contributed by atoms with Crippen molar-refractivity contribution in [2.45, 2.75) is 18.2 Å². The normalized spacial score (nSPS) is 11.7. The zero-order valence-corrected chi connectivity index (χ0v) is 12.2. The van der Waals surface area contributed by atoms with Crippen LogP contribution in [0.1, 0.15) is 23.7 Å². The lowest BCUT2D eigenvalue weighted by molar-refractivity contribution is 0.0600. The first-order valence-electron chi connectivity index (χ1n) is 6.01. The van der Waals surface area contributed by atoms with Gasteiger partial charge in [0.05, 0.1) is 18.4 Å². The predicted molar refractivity (Wildman–Crippen MR) is 76.8 cm³/mol. The van der Waals surface area contributed by atoms with Crippen LogP contribution in [0.15, 0.2) is 35.2 Å². The lowest BCUT2D eigenvalue weighted by Crippen LogP contribution is -2.25. The van der Waals surface area contributed by atoms with E-state index in [2.05, 4.69) is 9.46 Å². The van der Waals surface area contributed by atoms with Crippen molar-refractivity contribution in [1.29, 1.82) is 0 Å². The van der Waals surface area contributed by atoms with Crippen molar-refractivity contribution in [1.82, 2.24) is 4.72 Å². The van der Waals surface area contributed by atoms with Crippen LogP contribution in [0.4, 0.5) is 5.69 Å². The molecule has 0 aliphatic heterocycles. The molecule has 20 heavy (non-hydrogen) atoms. The van der Waals surface area contributed by atoms with Gasteiger partial charge in [0.1, 0.15) is 4.90 Å². The molecule has 0 spiro atoms. The van der Waals surface area contributed by atoms with Crippen molar-refractivity contribution in [2.75, 3.05) is 19.4 Å². The molecular weight excluding hydrogens is 280 g/mol. The average Bonchev–Trinajstić information content (AvgIpc) is 2.42. The molecule has 0 saturated carbocycles. The first kappa shape index (κ1) is 16.2. The Morgan fingerprint density at radius 1 is 1.45 bits per heavy atom. The maximum Gasteiger partial charge on any atom is 0.337 e. The highest BCUT2D eigenvalue weighted by molar-refractivity contribution is 7.89. The van der Waals surface area contributed by atoms with E-state index in [9.17, 15) is 13.2 Å². The molecule has 7 heteroatoms. The van der Waals surface area contributed by atoms with Crippen molar-refractivity contribution < 1.29 is 17.9 Å². The van der Waals surface area contributed by atoms with E-state index < -0.39 is 16.0 Å². The summed E-state index contributed by atoms with van der Waals surface area (Å²) in [5.74, 6) is -0.568. The fraction of sp³-hybridized carbons (Fsp3) is 0.308. The van der Waals surface area contributed by atoms with Gasteiger partial charge in [-0.25, -0.2) is 17.9 Å². The summed E-state index contributed by atoms with van der Waals surface area (Å²) in [6.45, 7) is 2.14. The zero-order chi connectivity index (χ0) is 15.2. The van der Waals surface area contributed by atoms with Gasteiger partial charge in [-0.1, -0.05) is 12.2 Å². The van der Waals surface area contributed by atoms with Crippen molar-refractivity contribution in [3.63, 3.8) is 0 Å². The third-order valence-electron chi connectivity index (χ3n) is 2.56. The molecule has 6 nitrogen and oxygen atoms in total. The summed E-state index contributed by atoms with van der Waals surface area (Å²) in [6, 6.07) is 3.94. The number of methoxy groups -OCH3 is 1. The highest BCUT2D eigenvalue weighted by atomic mass is 32.2. The van der Waals surface area contributed by atoms with E-state index in [0.717, 1.165) is 0 Å². The van der Waals surface area contributed by atoms with Crippen LogP contribution < -0.4 is 10.5 Å². The number of carbonyl (C=O) groups excluding carboxylic acids is 1. The third-order valence-corrected chi connectivity index (χ3v) is 4.09. The molecule has 0 atom stereocenters. The number of carbonyl (C=O) groups is 1. The van der Waals surface area contributed by atoms with Crippen LogP contribution in [0.5, 0.6) is 0 Å². The maximum atomic E-state index is 12.0. The molecule has 0 radical (unpaired) electrons. The summed E-state index contributed by atoms with van der Waals surface area (Å²) in [4.78, 5) is 11.3. The molecule has 1 aromatic carbocycles. The van der Waals surface area contributed by atoms with E-state index in [-0.39, 0.29) is 22.7 Å². The van der Waals surface area contributed by atoms with Crippen molar-refractivity contribution >= 4 is 21.7 Å². The number of nitrogens with two attached hydrogens (primary N) is 1. The van der Waals surface area contributed by atoms with Gasteiger partial charge in [0.15, 0.2) is 0 Å². The Kier molecular flexibility index (Phi) is 5.72. The molecule has 3 N–H and O–H groups in total. The number of esters is 1. The van der Waals surface area contributed by atoms with Gasteiger partial charge in [0.2, 0.25) is 10.0 Å². The summed E-state index contributed by atoms with van der Waals surface area (Å²) in [7, 11) is -2.44. The number of sulfonamides is 1. The summed E-state index contributed by atoms with van der Waals surface area (Å²) >= 11 is 0. The number of allylic oxidation sites excluding steroid dienone is 1. The molecule has 0 aliphatic carbocycles. The van der Waals surface area contributed by atoms with Crippen LogP contribution in [0.3, 0.4) is 0 Å². The molecule has 1 aromatic rings. The van der Waals surface area contributed by atoms with Crippen molar-refractivity contribution in [2.24, 2.45) is 0 Å². The fourth-order valence-corrected chi connectivity index (χ4v) is 2.72. The zero-order valence-electron chi connectivity index (χ0n) is 11.4. The van der Waals surface area contributed by atoms with Gasteiger partial charge in [-0.2, -0.15) is 0 Å². The molecule has 0 bridgehead atoms. The molecule has 0 heterocycles. The Bertz CT molecular complexity index is 609.